The van der Waals surface area contributed by atoms with Crippen molar-refractivity contribution in [1.82, 2.24) is 15.1 Å². The molecule has 0 saturated heterocycles. The van der Waals surface area contributed by atoms with E-state index in [1.54, 1.807) is 6.20 Å². The molecule has 1 N–H and O–H groups in total. The van der Waals surface area contributed by atoms with Gasteiger partial charge < -0.3 is 10.1 Å². The van der Waals surface area contributed by atoms with E-state index in [0.29, 0.717) is 13.0 Å². The minimum absolute atomic E-state index is 0.114. The lowest BCUT2D eigenvalue weighted by atomic mass is 10.3. The van der Waals surface area contributed by atoms with Gasteiger partial charge in [-0.3, -0.25) is 9.48 Å². The van der Waals surface area contributed by atoms with Gasteiger partial charge in [0.1, 0.15) is 0 Å². The fraction of sp³-hybridized carbons (Fsp3) is 0.636. The lowest BCUT2D eigenvalue weighted by Gasteiger charge is -2.04. The van der Waals surface area contributed by atoms with Crippen LogP contribution in [0.1, 0.15) is 19.8 Å². The molecule has 90 valence electrons. The number of ether oxygens (including phenoxy) is 1. The molecule has 0 aromatic carbocycles. The summed E-state index contributed by atoms with van der Waals surface area (Å²) in [4.78, 5) is 11.0. The third-order valence-corrected chi connectivity index (χ3v) is 2.12. The number of aromatic nitrogens is 2. The van der Waals surface area contributed by atoms with Gasteiger partial charge in [0.05, 0.1) is 13.2 Å². The van der Waals surface area contributed by atoms with Crippen LogP contribution in [0.3, 0.4) is 0 Å². The maximum atomic E-state index is 11.0. The molecule has 1 rings (SSSR count). The molecule has 0 amide bonds. The maximum absolute atomic E-state index is 11.0. The van der Waals surface area contributed by atoms with Gasteiger partial charge in [-0.1, -0.05) is 0 Å². The minimum Gasteiger partial charge on any atom is -0.466 e. The molecule has 0 bridgehead atoms. The number of hydrogen-bond acceptors (Lipinski definition) is 4. The first-order valence-corrected chi connectivity index (χ1v) is 5.66. The Morgan fingerprint density at radius 1 is 1.50 bits per heavy atom. The second-order valence-electron chi connectivity index (χ2n) is 3.43. The van der Waals surface area contributed by atoms with Gasteiger partial charge in [0.2, 0.25) is 0 Å². The number of esters is 1. The maximum Gasteiger partial charge on any atom is 0.305 e. The fourth-order valence-corrected chi connectivity index (χ4v) is 1.34. The van der Waals surface area contributed by atoms with Crippen LogP contribution in [0.25, 0.3) is 0 Å². The van der Waals surface area contributed by atoms with Gasteiger partial charge in [0.15, 0.2) is 0 Å². The molecule has 0 aliphatic rings. The van der Waals surface area contributed by atoms with Crippen molar-refractivity contribution < 1.29 is 9.53 Å². The molecule has 0 radical (unpaired) electrons. The lowest BCUT2D eigenvalue weighted by molar-refractivity contribution is -0.143. The molecule has 1 aromatic heterocycles. The number of carbonyl (C=O) groups is 1. The molecule has 5 heteroatoms. The van der Waals surface area contributed by atoms with Gasteiger partial charge >= 0.3 is 5.97 Å². The number of hydrogen-bond donors (Lipinski definition) is 1. The quantitative estimate of drug-likeness (QED) is 0.525. The van der Waals surface area contributed by atoms with Crippen LogP contribution in [0, 0.1) is 0 Å². The van der Waals surface area contributed by atoms with Gasteiger partial charge in [-0.2, -0.15) is 5.10 Å². The third kappa shape index (κ3) is 5.50. The first kappa shape index (κ1) is 12.7. The van der Waals surface area contributed by atoms with Crippen LogP contribution in [0.2, 0.25) is 0 Å². The highest BCUT2D eigenvalue weighted by Gasteiger charge is 1.99. The summed E-state index contributed by atoms with van der Waals surface area (Å²) in [5, 5.41) is 7.34. The average Bonchev–Trinajstić information content (AvgIpc) is 2.76. The highest BCUT2D eigenvalue weighted by molar-refractivity contribution is 5.69. The molecular formula is C11H19N3O2. The van der Waals surface area contributed by atoms with E-state index in [-0.39, 0.29) is 5.97 Å². The van der Waals surface area contributed by atoms with E-state index in [4.69, 9.17) is 4.74 Å². The summed E-state index contributed by atoms with van der Waals surface area (Å²) >= 11 is 0. The first-order valence-electron chi connectivity index (χ1n) is 5.66. The Bertz CT molecular complexity index is 285. The molecular weight excluding hydrogens is 206 g/mol. The highest BCUT2D eigenvalue weighted by atomic mass is 16.5. The highest BCUT2D eigenvalue weighted by Crippen LogP contribution is 1.91. The Balaban J connectivity index is 1.90. The minimum atomic E-state index is -0.114. The first-order chi connectivity index (χ1) is 7.83. The predicted octanol–water partition coefficient (Wildman–Crippen LogP) is 0.816. The zero-order valence-electron chi connectivity index (χ0n) is 9.69. The molecule has 0 fully saturated rings. The van der Waals surface area contributed by atoms with Crippen molar-refractivity contribution in [2.45, 2.75) is 26.3 Å². The van der Waals surface area contributed by atoms with Crippen molar-refractivity contribution in [2.75, 3.05) is 19.7 Å². The lowest BCUT2D eigenvalue weighted by Crippen LogP contribution is -2.22. The van der Waals surface area contributed by atoms with E-state index in [1.165, 1.54) is 0 Å². The second kappa shape index (κ2) is 7.87. The van der Waals surface area contributed by atoms with Crippen molar-refractivity contribution in [3.8, 4) is 0 Å². The van der Waals surface area contributed by atoms with Crippen molar-refractivity contribution >= 4 is 5.97 Å². The van der Waals surface area contributed by atoms with Crippen LogP contribution in [-0.4, -0.2) is 35.4 Å². The average molecular weight is 225 g/mol. The molecule has 0 saturated carbocycles. The van der Waals surface area contributed by atoms with Crippen molar-refractivity contribution in [1.29, 1.82) is 0 Å². The van der Waals surface area contributed by atoms with E-state index in [9.17, 15) is 4.79 Å². The number of nitrogens with zero attached hydrogens (tertiary/aromatic N) is 2. The summed E-state index contributed by atoms with van der Waals surface area (Å²) in [5.41, 5.74) is 0. The van der Waals surface area contributed by atoms with E-state index in [1.807, 2.05) is 23.9 Å². The molecule has 16 heavy (non-hydrogen) atoms. The normalized spacial score (nSPS) is 10.3. The van der Waals surface area contributed by atoms with E-state index in [2.05, 4.69) is 10.4 Å². The smallest absolute Gasteiger partial charge is 0.305 e. The van der Waals surface area contributed by atoms with Gasteiger partial charge in [-0.05, 0) is 26.0 Å². The Kier molecular flexibility index (Phi) is 6.25. The molecule has 0 aliphatic heterocycles. The molecule has 0 aliphatic carbocycles. The predicted molar refractivity (Wildman–Crippen MR) is 61.0 cm³/mol. The zero-order chi connectivity index (χ0) is 11.6. The van der Waals surface area contributed by atoms with Crippen LogP contribution < -0.4 is 5.32 Å². The Hall–Kier alpha value is -1.36. The summed E-state index contributed by atoms with van der Waals surface area (Å²) < 4.78 is 6.70. The molecule has 0 atom stereocenters. The monoisotopic (exact) mass is 225 g/mol. The topological polar surface area (TPSA) is 56.1 Å². The number of carbonyl (C=O) groups excluding carboxylic acids is 1. The van der Waals surface area contributed by atoms with E-state index < -0.39 is 0 Å². The SMILES string of the molecule is CCOC(=O)CCCNCCn1cccn1. The number of nitrogens with one attached hydrogen (secondary N) is 1. The van der Waals surface area contributed by atoms with Gasteiger partial charge in [-0.25, -0.2) is 0 Å². The summed E-state index contributed by atoms with van der Waals surface area (Å²) in [5.74, 6) is -0.114. The summed E-state index contributed by atoms with van der Waals surface area (Å²) in [6, 6.07) is 1.90. The Morgan fingerprint density at radius 2 is 2.38 bits per heavy atom. The van der Waals surface area contributed by atoms with Crippen LogP contribution in [-0.2, 0) is 16.1 Å². The van der Waals surface area contributed by atoms with Crippen LogP contribution in [0.5, 0.6) is 0 Å². The van der Waals surface area contributed by atoms with Gasteiger partial charge in [-0.15, -0.1) is 0 Å². The van der Waals surface area contributed by atoms with Gasteiger partial charge in [0.25, 0.3) is 0 Å². The van der Waals surface area contributed by atoms with Crippen molar-refractivity contribution in [3.05, 3.63) is 18.5 Å². The fourth-order valence-electron chi connectivity index (χ4n) is 1.34. The van der Waals surface area contributed by atoms with Crippen LogP contribution in [0.15, 0.2) is 18.5 Å². The van der Waals surface area contributed by atoms with Crippen LogP contribution in [0.4, 0.5) is 0 Å². The standard InChI is InChI=1S/C11H19N3O2/c1-2-16-11(15)5-3-6-12-8-10-14-9-4-7-13-14/h4,7,9,12H,2-3,5-6,8,10H2,1H3. The Morgan fingerprint density at radius 3 is 3.06 bits per heavy atom. The Labute approximate surface area is 95.8 Å². The second-order valence-corrected chi connectivity index (χ2v) is 3.43. The molecule has 1 aromatic rings. The molecule has 1 heterocycles. The zero-order valence-corrected chi connectivity index (χ0v) is 9.69. The molecule has 5 nitrogen and oxygen atoms in total. The molecule has 0 spiro atoms. The van der Waals surface area contributed by atoms with E-state index >= 15 is 0 Å². The van der Waals surface area contributed by atoms with Gasteiger partial charge in [0, 0.05) is 25.4 Å². The summed E-state index contributed by atoms with van der Waals surface area (Å²) in [7, 11) is 0. The number of rotatable bonds is 8. The van der Waals surface area contributed by atoms with Crippen molar-refractivity contribution in [3.63, 3.8) is 0 Å². The summed E-state index contributed by atoms with van der Waals surface area (Å²) in [6.07, 6.45) is 5.00. The summed E-state index contributed by atoms with van der Waals surface area (Å²) in [6.45, 7) is 4.84. The van der Waals surface area contributed by atoms with Crippen LogP contribution >= 0.6 is 0 Å². The molecule has 0 unspecified atom stereocenters. The van der Waals surface area contributed by atoms with Crippen molar-refractivity contribution in [2.24, 2.45) is 0 Å². The third-order valence-electron chi connectivity index (χ3n) is 2.12. The van der Waals surface area contributed by atoms with E-state index in [0.717, 1.165) is 26.1 Å². The largest absolute Gasteiger partial charge is 0.466 e.